The van der Waals surface area contributed by atoms with Gasteiger partial charge < -0.3 is 5.11 Å². The summed E-state index contributed by atoms with van der Waals surface area (Å²) in [4.78, 5) is 11.7. The van der Waals surface area contributed by atoms with Crippen molar-refractivity contribution in [3.05, 3.63) is 35.4 Å². The van der Waals surface area contributed by atoms with Crippen LogP contribution < -0.4 is 0 Å². The highest BCUT2D eigenvalue weighted by Crippen LogP contribution is 2.38. The lowest BCUT2D eigenvalue weighted by Crippen LogP contribution is -2.35. The molecule has 17 heavy (non-hydrogen) atoms. The van der Waals surface area contributed by atoms with Gasteiger partial charge in [-0.15, -0.1) is 0 Å². The summed E-state index contributed by atoms with van der Waals surface area (Å²) in [5, 5.41) is 9.64. The number of benzene rings is 1. The molecule has 1 aromatic rings. The fourth-order valence-electron chi connectivity index (χ4n) is 2.83. The number of hydrogen-bond donors (Lipinski definition) is 1. The van der Waals surface area contributed by atoms with Crippen molar-refractivity contribution in [3.63, 3.8) is 0 Å². The third kappa shape index (κ3) is 2.36. The number of rotatable bonds is 2. The Bertz CT molecular complexity index is 384. The number of carboxylic acid groups (broad SMARTS) is 1. The van der Waals surface area contributed by atoms with E-state index in [2.05, 4.69) is 0 Å². The van der Waals surface area contributed by atoms with Crippen LogP contribution in [0.4, 0.5) is 0 Å². The van der Waals surface area contributed by atoms with Gasteiger partial charge in [0.15, 0.2) is 0 Å². The van der Waals surface area contributed by atoms with Crippen LogP contribution in [0.2, 0.25) is 0 Å². The van der Waals surface area contributed by atoms with Crippen molar-refractivity contribution < 1.29 is 9.90 Å². The van der Waals surface area contributed by atoms with Gasteiger partial charge in [-0.05, 0) is 25.3 Å². The number of hydrogen-bond acceptors (Lipinski definition) is 1. The van der Waals surface area contributed by atoms with Crippen molar-refractivity contribution >= 4 is 5.97 Å². The van der Waals surface area contributed by atoms with Crippen LogP contribution in [0.15, 0.2) is 24.3 Å². The van der Waals surface area contributed by atoms with Gasteiger partial charge in [0, 0.05) is 0 Å². The molecule has 0 bridgehead atoms. The standard InChI is InChI=1S/C15H20O2/c1-12-6-8-13(9-7-12)15(14(16)17)10-4-2-3-5-11-15/h6-9H,2-5,10-11H2,1H3,(H,16,17). The first kappa shape index (κ1) is 12.2. The molecular weight excluding hydrogens is 212 g/mol. The largest absolute Gasteiger partial charge is 0.481 e. The highest BCUT2D eigenvalue weighted by molar-refractivity contribution is 5.81. The maximum atomic E-state index is 11.7. The molecule has 0 amide bonds. The number of aryl methyl sites for hydroxylation is 1. The zero-order valence-corrected chi connectivity index (χ0v) is 10.4. The third-order valence-electron chi connectivity index (χ3n) is 3.97. The smallest absolute Gasteiger partial charge is 0.314 e. The Morgan fingerprint density at radius 1 is 1.06 bits per heavy atom. The normalized spacial score (nSPS) is 19.6. The predicted molar refractivity (Wildman–Crippen MR) is 68.2 cm³/mol. The van der Waals surface area contributed by atoms with E-state index in [1.165, 1.54) is 18.4 Å². The second-order valence-electron chi connectivity index (χ2n) is 5.17. The Hall–Kier alpha value is -1.31. The molecular formula is C15H20O2. The van der Waals surface area contributed by atoms with Crippen LogP contribution >= 0.6 is 0 Å². The van der Waals surface area contributed by atoms with E-state index >= 15 is 0 Å². The number of aliphatic carboxylic acids is 1. The lowest BCUT2D eigenvalue weighted by molar-refractivity contribution is -0.144. The predicted octanol–water partition coefficient (Wildman–Crippen LogP) is 3.67. The van der Waals surface area contributed by atoms with Crippen molar-refractivity contribution in [2.45, 2.75) is 50.9 Å². The van der Waals surface area contributed by atoms with Gasteiger partial charge in [0.05, 0.1) is 5.41 Å². The SMILES string of the molecule is Cc1ccc(C2(C(=O)O)CCCCCC2)cc1. The van der Waals surface area contributed by atoms with Crippen molar-refractivity contribution in [2.24, 2.45) is 0 Å². The van der Waals surface area contributed by atoms with Crippen molar-refractivity contribution in [2.75, 3.05) is 0 Å². The molecule has 1 aliphatic carbocycles. The molecule has 0 heterocycles. The van der Waals surface area contributed by atoms with E-state index in [1.807, 2.05) is 31.2 Å². The second kappa shape index (κ2) is 4.91. The fraction of sp³-hybridized carbons (Fsp3) is 0.533. The van der Waals surface area contributed by atoms with E-state index in [-0.39, 0.29) is 0 Å². The first-order valence-electron chi connectivity index (χ1n) is 6.46. The third-order valence-corrected chi connectivity index (χ3v) is 3.97. The first-order valence-corrected chi connectivity index (χ1v) is 6.46. The first-order chi connectivity index (χ1) is 8.15. The summed E-state index contributed by atoms with van der Waals surface area (Å²) in [7, 11) is 0. The van der Waals surface area contributed by atoms with E-state index in [0.29, 0.717) is 0 Å². The van der Waals surface area contributed by atoms with Crippen LogP contribution in [0.3, 0.4) is 0 Å². The van der Waals surface area contributed by atoms with E-state index in [1.54, 1.807) is 0 Å². The van der Waals surface area contributed by atoms with E-state index in [0.717, 1.165) is 31.2 Å². The molecule has 1 N–H and O–H groups in total. The van der Waals surface area contributed by atoms with Gasteiger partial charge in [0.25, 0.3) is 0 Å². The van der Waals surface area contributed by atoms with Gasteiger partial charge >= 0.3 is 5.97 Å². The summed E-state index contributed by atoms with van der Waals surface area (Å²) in [6, 6.07) is 8.03. The molecule has 92 valence electrons. The van der Waals surface area contributed by atoms with E-state index in [9.17, 15) is 9.90 Å². The summed E-state index contributed by atoms with van der Waals surface area (Å²) in [5.41, 5.74) is 1.53. The van der Waals surface area contributed by atoms with Crippen LogP contribution in [0.5, 0.6) is 0 Å². The zero-order valence-electron chi connectivity index (χ0n) is 10.4. The second-order valence-corrected chi connectivity index (χ2v) is 5.17. The molecule has 0 saturated heterocycles. The van der Waals surface area contributed by atoms with Crippen LogP contribution in [-0.4, -0.2) is 11.1 Å². The zero-order chi connectivity index (χ0) is 12.3. The lowest BCUT2D eigenvalue weighted by Gasteiger charge is -2.28. The number of carbonyl (C=O) groups is 1. The Labute approximate surface area is 103 Å². The monoisotopic (exact) mass is 232 g/mol. The Balaban J connectivity index is 2.39. The molecule has 1 saturated carbocycles. The topological polar surface area (TPSA) is 37.3 Å². The van der Waals surface area contributed by atoms with Gasteiger partial charge in [-0.25, -0.2) is 0 Å². The summed E-state index contributed by atoms with van der Waals surface area (Å²) >= 11 is 0. The van der Waals surface area contributed by atoms with Crippen molar-refractivity contribution in [3.8, 4) is 0 Å². The summed E-state index contributed by atoms with van der Waals surface area (Å²) < 4.78 is 0. The van der Waals surface area contributed by atoms with Crippen molar-refractivity contribution in [1.82, 2.24) is 0 Å². The van der Waals surface area contributed by atoms with Gasteiger partial charge in [0.1, 0.15) is 0 Å². The maximum Gasteiger partial charge on any atom is 0.314 e. The molecule has 0 unspecified atom stereocenters. The molecule has 1 fully saturated rings. The molecule has 1 aliphatic rings. The summed E-state index contributed by atoms with van der Waals surface area (Å²) in [6.07, 6.45) is 5.96. The van der Waals surface area contributed by atoms with Gasteiger partial charge in [-0.2, -0.15) is 0 Å². The molecule has 1 aromatic carbocycles. The average Bonchev–Trinajstić information content (AvgIpc) is 2.56. The average molecular weight is 232 g/mol. The maximum absolute atomic E-state index is 11.7. The summed E-state index contributed by atoms with van der Waals surface area (Å²) in [6.45, 7) is 2.03. The van der Waals surface area contributed by atoms with Crippen LogP contribution in [0.1, 0.15) is 49.7 Å². The van der Waals surface area contributed by atoms with Crippen LogP contribution in [0, 0.1) is 6.92 Å². The molecule has 0 atom stereocenters. The minimum absolute atomic E-state index is 0.635. The fourth-order valence-corrected chi connectivity index (χ4v) is 2.83. The lowest BCUT2D eigenvalue weighted by atomic mass is 9.74. The molecule has 2 rings (SSSR count). The van der Waals surface area contributed by atoms with E-state index < -0.39 is 11.4 Å². The van der Waals surface area contributed by atoms with Gasteiger partial charge in [-0.3, -0.25) is 4.79 Å². The minimum atomic E-state index is -0.650. The Morgan fingerprint density at radius 3 is 2.06 bits per heavy atom. The van der Waals surface area contributed by atoms with Gasteiger partial charge in [0.2, 0.25) is 0 Å². The van der Waals surface area contributed by atoms with Gasteiger partial charge in [-0.1, -0.05) is 55.5 Å². The van der Waals surface area contributed by atoms with Crippen molar-refractivity contribution in [1.29, 1.82) is 0 Å². The highest BCUT2D eigenvalue weighted by atomic mass is 16.4. The number of carboxylic acids is 1. The van der Waals surface area contributed by atoms with Crippen LogP contribution in [0.25, 0.3) is 0 Å². The Kier molecular flexibility index (Phi) is 3.51. The van der Waals surface area contributed by atoms with Crippen LogP contribution in [-0.2, 0) is 10.2 Å². The molecule has 0 spiro atoms. The molecule has 0 radical (unpaired) electrons. The quantitative estimate of drug-likeness (QED) is 0.790. The Morgan fingerprint density at radius 2 is 1.59 bits per heavy atom. The molecule has 0 aromatic heterocycles. The van der Waals surface area contributed by atoms with E-state index in [4.69, 9.17) is 0 Å². The molecule has 2 heteroatoms. The minimum Gasteiger partial charge on any atom is -0.481 e. The molecule has 0 aliphatic heterocycles. The summed E-state index contributed by atoms with van der Waals surface area (Å²) in [5.74, 6) is -0.650. The molecule has 2 nitrogen and oxygen atoms in total. The highest BCUT2D eigenvalue weighted by Gasteiger charge is 2.40.